The first-order valence-corrected chi connectivity index (χ1v) is 6.61. The number of aromatic carboxylic acids is 1. The van der Waals surface area contributed by atoms with Crippen molar-refractivity contribution in [3.05, 3.63) is 27.7 Å². The maximum Gasteiger partial charge on any atom is 0.355 e. The van der Waals surface area contributed by atoms with Crippen LogP contribution >= 0.6 is 27.3 Å². The molecule has 0 radical (unpaired) electrons. The first-order chi connectivity index (χ1) is 8.65. The van der Waals surface area contributed by atoms with E-state index in [9.17, 15) is 4.79 Å². The fourth-order valence-electron chi connectivity index (χ4n) is 1.60. The summed E-state index contributed by atoms with van der Waals surface area (Å²) in [6.07, 6.45) is 0. The molecule has 1 aromatic carbocycles. The summed E-state index contributed by atoms with van der Waals surface area (Å²) in [5, 5.41) is 11.0. The van der Waals surface area contributed by atoms with Crippen LogP contribution in [0.4, 0.5) is 0 Å². The largest absolute Gasteiger partial charge is 0.476 e. The van der Waals surface area contributed by atoms with Crippen LogP contribution in [0.2, 0.25) is 0 Å². The van der Waals surface area contributed by atoms with Gasteiger partial charge in [-0.3, -0.25) is 0 Å². The van der Waals surface area contributed by atoms with Crippen LogP contribution in [0.15, 0.2) is 22.0 Å². The van der Waals surface area contributed by atoms with Gasteiger partial charge in [-0.05, 0) is 28.1 Å². The van der Waals surface area contributed by atoms with E-state index in [0.717, 1.165) is 10.0 Å². The molecule has 18 heavy (non-hydrogen) atoms. The van der Waals surface area contributed by atoms with Crippen molar-refractivity contribution >= 4 is 33.2 Å². The Bertz CT molecular complexity index is 640. The number of halogens is 1. The summed E-state index contributed by atoms with van der Waals surface area (Å²) < 4.78 is 11.4. The van der Waals surface area contributed by atoms with E-state index in [4.69, 9.17) is 14.6 Å². The minimum absolute atomic E-state index is 0.0452. The number of aromatic nitrogens is 1. The molecule has 0 saturated heterocycles. The van der Waals surface area contributed by atoms with Crippen LogP contribution < -0.4 is 9.47 Å². The maximum atomic E-state index is 10.8. The van der Waals surface area contributed by atoms with E-state index >= 15 is 0 Å². The van der Waals surface area contributed by atoms with Gasteiger partial charge in [0.15, 0.2) is 17.2 Å². The second-order valence-electron chi connectivity index (χ2n) is 3.53. The van der Waals surface area contributed by atoms with Crippen LogP contribution in [-0.2, 0) is 0 Å². The molecular formula is C11H6BrNO4S. The lowest BCUT2D eigenvalue weighted by molar-refractivity contribution is 0.0691. The molecule has 0 atom stereocenters. The highest BCUT2D eigenvalue weighted by molar-refractivity contribution is 9.10. The average molecular weight is 328 g/mol. The molecule has 3 rings (SSSR count). The molecule has 2 aromatic rings. The van der Waals surface area contributed by atoms with Gasteiger partial charge < -0.3 is 14.6 Å². The number of ether oxygens (including phenoxy) is 2. The van der Waals surface area contributed by atoms with Crippen LogP contribution in [0.1, 0.15) is 10.5 Å². The number of nitrogens with zero attached hydrogens (tertiary/aromatic N) is 1. The van der Waals surface area contributed by atoms with Gasteiger partial charge in [-0.2, -0.15) is 0 Å². The van der Waals surface area contributed by atoms with Gasteiger partial charge in [-0.1, -0.05) is 0 Å². The molecular weight excluding hydrogens is 322 g/mol. The molecule has 0 unspecified atom stereocenters. The molecule has 0 aliphatic carbocycles. The SMILES string of the molecule is O=C(O)c1csc(-c2cc(Br)c3c(c2)OCO3)n1. The number of rotatable bonds is 2. The number of hydrogen-bond acceptors (Lipinski definition) is 5. The van der Waals surface area contributed by atoms with E-state index in [1.54, 1.807) is 6.07 Å². The Morgan fingerprint density at radius 1 is 1.44 bits per heavy atom. The number of thiazole rings is 1. The monoisotopic (exact) mass is 327 g/mol. The summed E-state index contributed by atoms with van der Waals surface area (Å²) in [5.74, 6) is 0.262. The number of fused-ring (bicyclic) bond motifs is 1. The Balaban J connectivity index is 2.06. The Kier molecular flexibility index (Phi) is 2.71. The quantitative estimate of drug-likeness (QED) is 0.918. The summed E-state index contributed by atoms with van der Waals surface area (Å²) in [5.41, 5.74) is 0.840. The first-order valence-electron chi connectivity index (χ1n) is 4.93. The van der Waals surface area contributed by atoms with E-state index in [2.05, 4.69) is 20.9 Å². The summed E-state index contributed by atoms with van der Waals surface area (Å²) in [6.45, 7) is 0.190. The summed E-state index contributed by atoms with van der Waals surface area (Å²) >= 11 is 4.66. The molecule has 0 fully saturated rings. The summed E-state index contributed by atoms with van der Waals surface area (Å²) in [7, 11) is 0. The fraction of sp³-hybridized carbons (Fsp3) is 0.0909. The molecule has 1 N–H and O–H groups in total. The van der Waals surface area contributed by atoms with E-state index in [1.165, 1.54) is 16.7 Å². The van der Waals surface area contributed by atoms with Crippen LogP contribution in [0.5, 0.6) is 11.5 Å². The van der Waals surface area contributed by atoms with Crippen molar-refractivity contribution in [2.24, 2.45) is 0 Å². The normalized spacial score (nSPS) is 12.7. The van der Waals surface area contributed by atoms with E-state index in [0.29, 0.717) is 16.5 Å². The number of hydrogen-bond donors (Lipinski definition) is 1. The van der Waals surface area contributed by atoms with E-state index in [1.807, 2.05) is 6.07 Å². The maximum absolute atomic E-state index is 10.8. The third kappa shape index (κ3) is 1.85. The Morgan fingerprint density at radius 3 is 3.00 bits per heavy atom. The van der Waals surface area contributed by atoms with E-state index < -0.39 is 5.97 Å². The molecule has 92 valence electrons. The minimum Gasteiger partial charge on any atom is -0.476 e. The second kappa shape index (κ2) is 4.25. The Labute approximate surface area is 114 Å². The van der Waals surface area contributed by atoms with Crippen molar-refractivity contribution in [3.63, 3.8) is 0 Å². The topological polar surface area (TPSA) is 68.7 Å². The molecule has 1 aliphatic heterocycles. The predicted molar refractivity (Wildman–Crippen MR) is 68.3 cm³/mol. The number of benzene rings is 1. The molecule has 7 heteroatoms. The van der Waals surface area contributed by atoms with Crippen molar-refractivity contribution < 1.29 is 19.4 Å². The molecule has 5 nitrogen and oxygen atoms in total. The van der Waals surface area contributed by atoms with Gasteiger partial charge in [-0.25, -0.2) is 9.78 Å². The van der Waals surface area contributed by atoms with Crippen molar-refractivity contribution in [1.29, 1.82) is 0 Å². The number of carbonyl (C=O) groups is 1. The fourth-order valence-corrected chi connectivity index (χ4v) is 2.93. The van der Waals surface area contributed by atoms with Gasteiger partial charge >= 0.3 is 5.97 Å². The highest BCUT2D eigenvalue weighted by Crippen LogP contribution is 2.42. The standard InChI is InChI=1S/C11H6BrNO4S/c12-6-1-5(2-8-9(6)17-4-16-8)10-13-7(3-18-10)11(14)15/h1-3H,4H2,(H,14,15). The molecule has 0 bridgehead atoms. The molecule has 1 aromatic heterocycles. The van der Waals surface area contributed by atoms with Gasteiger partial charge in [0.25, 0.3) is 0 Å². The van der Waals surface area contributed by atoms with Crippen molar-refractivity contribution in [2.45, 2.75) is 0 Å². The highest BCUT2D eigenvalue weighted by atomic mass is 79.9. The first kappa shape index (κ1) is 11.5. The summed E-state index contributed by atoms with van der Waals surface area (Å²) in [4.78, 5) is 14.8. The van der Waals surface area contributed by atoms with Crippen molar-refractivity contribution in [2.75, 3.05) is 6.79 Å². The Hall–Kier alpha value is -1.60. The Morgan fingerprint density at radius 2 is 2.28 bits per heavy atom. The van der Waals surface area contributed by atoms with E-state index in [-0.39, 0.29) is 12.5 Å². The highest BCUT2D eigenvalue weighted by Gasteiger charge is 2.20. The smallest absolute Gasteiger partial charge is 0.355 e. The predicted octanol–water partition coefficient (Wildman–Crippen LogP) is 3.00. The van der Waals surface area contributed by atoms with Crippen LogP contribution in [0, 0.1) is 0 Å². The third-order valence-electron chi connectivity index (χ3n) is 2.40. The number of carboxylic acid groups (broad SMARTS) is 1. The minimum atomic E-state index is -1.03. The van der Waals surface area contributed by atoms with Crippen LogP contribution in [0.25, 0.3) is 10.6 Å². The zero-order valence-electron chi connectivity index (χ0n) is 8.84. The molecule has 0 saturated carbocycles. The van der Waals surface area contributed by atoms with Crippen molar-refractivity contribution in [3.8, 4) is 22.1 Å². The van der Waals surface area contributed by atoms with Crippen LogP contribution in [0.3, 0.4) is 0 Å². The van der Waals surface area contributed by atoms with Gasteiger partial charge in [0.2, 0.25) is 6.79 Å². The zero-order valence-corrected chi connectivity index (χ0v) is 11.2. The lowest BCUT2D eigenvalue weighted by atomic mass is 10.2. The van der Waals surface area contributed by atoms with Gasteiger partial charge in [0, 0.05) is 10.9 Å². The lowest BCUT2D eigenvalue weighted by Crippen LogP contribution is -1.95. The van der Waals surface area contributed by atoms with Crippen molar-refractivity contribution in [1.82, 2.24) is 4.98 Å². The number of carboxylic acids is 1. The lowest BCUT2D eigenvalue weighted by Gasteiger charge is -2.02. The second-order valence-corrected chi connectivity index (χ2v) is 5.25. The summed E-state index contributed by atoms with van der Waals surface area (Å²) in [6, 6.07) is 3.62. The molecule has 0 spiro atoms. The molecule has 1 aliphatic rings. The third-order valence-corrected chi connectivity index (χ3v) is 3.88. The van der Waals surface area contributed by atoms with Gasteiger partial charge in [0.05, 0.1) is 4.47 Å². The molecule has 2 heterocycles. The molecule has 0 amide bonds. The zero-order chi connectivity index (χ0) is 12.7. The van der Waals surface area contributed by atoms with Gasteiger partial charge in [-0.15, -0.1) is 11.3 Å². The average Bonchev–Trinajstić information content (AvgIpc) is 2.97. The van der Waals surface area contributed by atoms with Crippen LogP contribution in [-0.4, -0.2) is 22.9 Å². The van der Waals surface area contributed by atoms with Gasteiger partial charge in [0.1, 0.15) is 5.01 Å².